The van der Waals surface area contributed by atoms with Crippen LogP contribution in [0.3, 0.4) is 0 Å². The quantitative estimate of drug-likeness (QED) is 0.472. The third kappa shape index (κ3) is 2.06. The molecule has 0 atom stereocenters. The molecule has 1 aromatic carbocycles. The minimum atomic E-state index is 0.558. The predicted octanol–water partition coefficient (Wildman–Crippen LogP) is 2.27. The topological polar surface area (TPSA) is 38.7 Å². The summed E-state index contributed by atoms with van der Waals surface area (Å²) < 4.78 is 6.02. The lowest BCUT2D eigenvalue weighted by atomic mass is 10.3. The summed E-state index contributed by atoms with van der Waals surface area (Å²) in [5, 5.41) is 0. The Balaban J connectivity index is 3.13. The van der Waals surface area contributed by atoms with Gasteiger partial charge in [0.25, 0.3) is 0 Å². The molecule has 0 radical (unpaired) electrons. The van der Waals surface area contributed by atoms with Gasteiger partial charge in [-0.2, -0.15) is 4.99 Å². The zero-order valence-electron chi connectivity index (χ0n) is 6.37. The van der Waals surface area contributed by atoms with E-state index in [1.807, 2.05) is 6.07 Å². The number of nitrogens with zero attached hydrogens (tertiary/aromatic N) is 1. The maximum absolute atomic E-state index is 9.92. The number of rotatable bonds is 2. The van der Waals surface area contributed by atoms with E-state index >= 15 is 0 Å². The summed E-state index contributed by atoms with van der Waals surface area (Å²) in [6.45, 7) is 0. The van der Waals surface area contributed by atoms with Gasteiger partial charge in [-0.25, -0.2) is 4.79 Å². The van der Waals surface area contributed by atoms with Crippen molar-refractivity contribution in [2.75, 3.05) is 7.11 Å². The third-order valence-electron chi connectivity index (χ3n) is 1.31. The second-order valence-electron chi connectivity index (χ2n) is 2.02. The number of hydrogen-bond acceptors (Lipinski definition) is 3. The molecular weight excluding hydrogens is 269 g/mol. The van der Waals surface area contributed by atoms with Crippen LogP contribution < -0.4 is 4.74 Å². The van der Waals surface area contributed by atoms with Gasteiger partial charge in [0.2, 0.25) is 6.08 Å². The van der Waals surface area contributed by atoms with Gasteiger partial charge in [0.1, 0.15) is 5.75 Å². The summed E-state index contributed by atoms with van der Waals surface area (Å²) >= 11 is 2.14. The average Bonchev–Trinajstić information content (AvgIpc) is 2.09. The molecule has 3 nitrogen and oxygen atoms in total. The van der Waals surface area contributed by atoms with Crippen molar-refractivity contribution in [3.63, 3.8) is 0 Å². The number of carbonyl (C=O) groups excluding carboxylic acids is 1. The molecule has 0 aliphatic rings. The summed E-state index contributed by atoms with van der Waals surface area (Å²) in [5.41, 5.74) is 0.558. The first-order chi connectivity index (χ1) is 5.77. The first-order valence-electron chi connectivity index (χ1n) is 3.19. The van der Waals surface area contributed by atoms with Gasteiger partial charge in [-0.1, -0.05) is 0 Å². The standard InChI is InChI=1S/C8H6INO2/c1-12-8-4-6(10-5-11)2-3-7(8)9/h2-4H,1H3. The second kappa shape index (κ2) is 4.23. The van der Waals surface area contributed by atoms with E-state index in [4.69, 9.17) is 4.74 Å². The van der Waals surface area contributed by atoms with Crippen LogP contribution in [-0.4, -0.2) is 13.2 Å². The lowest BCUT2D eigenvalue weighted by molar-refractivity contribution is 0.412. The predicted molar refractivity (Wildman–Crippen MR) is 53.5 cm³/mol. The van der Waals surface area contributed by atoms with Gasteiger partial charge in [-0.15, -0.1) is 0 Å². The first-order valence-corrected chi connectivity index (χ1v) is 4.27. The summed E-state index contributed by atoms with van der Waals surface area (Å²) in [6.07, 6.45) is 1.47. The molecule has 0 amide bonds. The van der Waals surface area contributed by atoms with Crippen LogP contribution in [-0.2, 0) is 4.79 Å². The Labute approximate surface area is 83.6 Å². The van der Waals surface area contributed by atoms with Crippen molar-refractivity contribution >= 4 is 34.4 Å². The van der Waals surface area contributed by atoms with E-state index in [-0.39, 0.29) is 0 Å². The maximum Gasteiger partial charge on any atom is 0.240 e. The maximum atomic E-state index is 9.92. The Morgan fingerprint density at radius 3 is 2.92 bits per heavy atom. The number of isocyanates is 1. The van der Waals surface area contributed by atoms with Crippen LogP contribution >= 0.6 is 22.6 Å². The van der Waals surface area contributed by atoms with E-state index in [0.717, 1.165) is 3.57 Å². The molecule has 62 valence electrons. The minimum absolute atomic E-state index is 0.558. The van der Waals surface area contributed by atoms with Crippen LogP contribution in [0.2, 0.25) is 0 Å². The second-order valence-corrected chi connectivity index (χ2v) is 3.18. The fourth-order valence-electron chi connectivity index (χ4n) is 0.771. The summed E-state index contributed by atoms with van der Waals surface area (Å²) in [4.78, 5) is 13.4. The summed E-state index contributed by atoms with van der Waals surface area (Å²) in [5.74, 6) is 0.715. The molecule has 0 aliphatic carbocycles. The van der Waals surface area contributed by atoms with Crippen molar-refractivity contribution in [3.8, 4) is 5.75 Å². The fourth-order valence-corrected chi connectivity index (χ4v) is 1.33. The van der Waals surface area contributed by atoms with Crippen LogP contribution in [0.1, 0.15) is 0 Å². The molecule has 0 heterocycles. The van der Waals surface area contributed by atoms with Crippen molar-refractivity contribution < 1.29 is 9.53 Å². The number of benzene rings is 1. The SMILES string of the molecule is COc1cc(N=C=O)ccc1I. The van der Waals surface area contributed by atoms with Crippen molar-refractivity contribution in [3.05, 3.63) is 21.8 Å². The van der Waals surface area contributed by atoms with E-state index in [1.165, 1.54) is 6.08 Å². The lowest BCUT2D eigenvalue weighted by Gasteiger charge is -2.01. The normalized spacial score (nSPS) is 8.83. The molecule has 4 heteroatoms. The minimum Gasteiger partial charge on any atom is -0.496 e. The highest BCUT2D eigenvalue weighted by Crippen LogP contribution is 2.25. The smallest absolute Gasteiger partial charge is 0.240 e. The number of methoxy groups -OCH3 is 1. The van der Waals surface area contributed by atoms with E-state index in [2.05, 4.69) is 27.6 Å². The highest BCUT2D eigenvalue weighted by atomic mass is 127. The molecule has 0 unspecified atom stereocenters. The first kappa shape index (κ1) is 9.22. The molecule has 1 rings (SSSR count). The van der Waals surface area contributed by atoms with Crippen LogP contribution in [0.4, 0.5) is 5.69 Å². The molecule has 0 saturated heterocycles. The van der Waals surface area contributed by atoms with Crippen LogP contribution in [0.15, 0.2) is 23.2 Å². The van der Waals surface area contributed by atoms with Crippen molar-refractivity contribution in [2.45, 2.75) is 0 Å². The molecule has 0 spiro atoms. The van der Waals surface area contributed by atoms with Crippen molar-refractivity contribution in [1.82, 2.24) is 0 Å². The summed E-state index contributed by atoms with van der Waals surface area (Å²) in [6, 6.07) is 5.25. The lowest BCUT2D eigenvalue weighted by Crippen LogP contribution is -1.85. The van der Waals surface area contributed by atoms with Crippen molar-refractivity contribution in [1.29, 1.82) is 0 Å². The Kier molecular flexibility index (Phi) is 3.25. The Morgan fingerprint density at radius 2 is 2.33 bits per heavy atom. The van der Waals surface area contributed by atoms with Gasteiger partial charge in [-0.05, 0) is 34.7 Å². The summed E-state index contributed by atoms with van der Waals surface area (Å²) in [7, 11) is 1.58. The Bertz CT molecular complexity index is 332. The zero-order valence-corrected chi connectivity index (χ0v) is 8.53. The molecule has 0 aromatic heterocycles. The van der Waals surface area contributed by atoms with Gasteiger partial charge in [0, 0.05) is 6.07 Å². The van der Waals surface area contributed by atoms with Gasteiger partial charge in [-0.3, -0.25) is 0 Å². The highest BCUT2D eigenvalue weighted by molar-refractivity contribution is 14.1. The molecule has 0 fully saturated rings. The van der Waals surface area contributed by atoms with Gasteiger partial charge >= 0.3 is 0 Å². The monoisotopic (exact) mass is 275 g/mol. The van der Waals surface area contributed by atoms with E-state index < -0.39 is 0 Å². The van der Waals surface area contributed by atoms with E-state index in [0.29, 0.717) is 11.4 Å². The van der Waals surface area contributed by atoms with Gasteiger partial charge in [0.15, 0.2) is 0 Å². The molecule has 0 aliphatic heterocycles. The number of hydrogen-bond donors (Lipinski definition) is 0. The van der Waals surface area contributed by atoms with Crippen LogP contribution in [0, 0.1) is 3.57 Å². The molecule has 1 aromatic rings. The molecule has 12 heavy (non-hydrogen) atoms. The Hall–Kier alpha value is -0.870. The van der Waals surface area contributed by atoms with Crippen LogP contribution in [0.5, 0.6) is 5.75 Å². The largest absolute Gasteiger partial charge is 0.496 e. The molecule has 0 N–H and O–H groups in total. The van der Waals surface area contributed by atoms with E-state index in [1.54, 1.807) is 19.2 Å². The van der Waals surface area contributed by atoms with Gasteiger partial charge < -0.3 is 4.74 Å². The molecule has 0 saturated carbocycles. The van der Waals surface area contributed by atoms with Crippen molar-refractivity contribution in [2.24, 2.45) is 4.99 Å². The fraction of sp³-hybridized carbons (Fsp3) is 0.125. The zero-order chi connectivity index (χ0) is 8.97. The third-order valence-corrected chi connectivity index (χ3v) is 2.20. The molecular formula is C8H6INO2. The number of halogens is 1. The highest BCUT2D eigenvalue weighted by Gasteiger charge is 1.99. The van der Waals surface area contributed by atoms with Crippen LogP contribution in [0.25, 0.3) is 0 Å². The van der Waals surface area contributed by atoms with E-state index in [9.17, 15) is 4.79 Å². The average molecular weight is 275 g/mol. The molecule has 0 bridgehead atoms. The number of ether oxygens (including phenoxy) is 1. The van der Waals surface area contributed by atoms with Gasteiger partial charge in [0.05, 0.1) is 16.4 Å². The Morgan fingerprint density at radius 1 is 1.58 bits per heavy atom. The number of aliphatic imine (C=N–C) groups is 1.